The van der Waals surface area contributed by atoms with Gasteiger partial charge in [0, 0.05) is 69.2 Å². The van der Waals surface area contributed by atoms with Gasteiger partial charge in [0.15, 0.2) is 11.5 Å². The maximum absolute atomic E-state index is 12.6. The van der Waals surface area contributed by atoms with Gasteiger partial charge in [-0.3, -0.25) is 10.00 Å². The highest BCUT2D eigenvalue weighted by Crippen LogP contribution is 2.34. The zero-order valence-corrected chi connectivity index (χ0v) is 23.3. The van der Waals surface area contributed by atoms with Gasteiger partial charge in [-0.2, -0.15) is 5.10 Å². The molecule has 11 nitrogen and oxygen atoms in total. The number of aromatic amines is 1. The molecule has 3 fully saturated rings. The Morgan fingerprint density at radius 2 is 1.85 bits per heavy atom. The Morgan fingerprint density at radius 1 is 1.07 bits per heavy atom. The number of carbonyl (C=O) groups excluding carboxylic acids is 1. The third-order valence-electron chi connectivity index (χ3n) is 8.14. The van der Waals surface area contributed by atoms with Crippen LogP contribution in [0.2, 0.25) is 0 Å². The van der Waals surface area contributed by atoms with Crippen molar-refractivity contribution in [3.8, 4) is 11.3 Å². The van der Waals surface area contributed by atoms with Gasteiger partial charge in [-0.15, -0.1) is 0 Å². The van der Waals surface area contributed by atoms with Crippen LogP contribution >= 0.6 is 0 Å². The molecule has 2 atom stereocenters. The lowest BCUT2D eigenvalue weighted by atomic mass is 10.0. The lowest BCUT2D eigenvalue weighted by Gasteiger charge is -2.28. The third-order valence-corrected chi connectivity index (χ3v) is 8.14. The topological polar surface area (TPSA) is 104 Å². The number of nitrogens with zero attached hydrogens (tertiary/aromatic N) is 7. The minimum absolute atomic E-state index is 0.196. The van der Waals surface area contributed by atoms with Gasteiger partial charge in [0.2, 0.25) is 0 Å². The first-order chi connectivity index (χ1) is 19.3. The molecule has 11 heteroatoms. The van der Waals surface area contributed by atoms with Gasteiger partial charge >= 0.3 is 6.09 Å². The first-order valence-electron chi connectivity index (χ1n) is 14.1. The minimum atomic E-state index is -0.468. The highest BCUT2D eigenvalue weighted by molar-refractivity contribution is 5.93. The molecular weight excluding hydrogens is 508 g/mol. The van der Waals surface area contributed by atoms with Crippen molar-refractivity contribution in [2.45, 2.75) is 32.9 Å². The van der Waals surface area contributed by atoms with E-state index in [0.717, 1.165) is 85.1 Å². The van der Waals surface area contributed by atoms with Crippen molar-refractivity contribution in [3.05, 3.63) is 42.5 Å². The van der Waals surface area contributed by atoms with Crippen LogP contribution in [0, 0.1) is 11.8 Å². The number of aromatic nitrogens is 5. The number of carbonyl (C=O) groups is 1. The molecule has 210 valence electrons. The summed E-state index contributed by atoms with van der Waals surface area (Å²) < 4.78 is 13.4. The molecule has 4 aromatic rings. The number of H-pyrrole nitrogens is 1. The number of morpholine rings is 1. The van der Waals surface area contributed by atoms with E-state index >= 15 is 0 Å². The highest BCUT2D eigenvalue weighted by Gasteiger charge is 2.42. The minimum Gasteiger partial charge on any atom is -0.444 e. The summed E-state index contributed by atoms with van der Waals surface area (Å²) >= 11 is 0. The molecular formula is C29H36N8O3. The van der Waals surface area contributed by atoms with E-state index in [1.807, 2.05) is 44.0 Å². The molecule has 0 aliphatic carbocycles. The number of imidazole rings is 1. The molecule has 3 saturated heterocycles. The summed E-state index contributed by atoms with van der Waals surface area (Å²) in [6.07, 6.45) is 5.88. The lowest BCUT2D eigenvalue weighted by Crippen LogP contribution is -2.37. The fraction of sp³-hybridized carbons (Fsp3) is 0.517. The fourth-order valence-electron chi connectivity index (χ4n) is 6.34. The van der Waals surface area contributed by atoms with Crippen LogP contribution < -0.4 is 4.90 Å². The summed E-state index contributed by atoms with van der Waals surface area (Å²) in [5.74, 6) is 1.83. The number of fused-ring (bicyclic) bond motifs is 3. The Hall–Kier alpha value is -3.70. The summed E-state index contributed by atoms with van der Waals surface area (Å²) in [6, 6.07) is 6.15. The molecule has 6 heterocycles. The summed E-state index contributed by atoms with van der Waals surface area (Å²) in [7, 11) is 0. The van der Waals surface area contributed by atoms with Crippen LogP contribution in [-0.2, 0) is 16.0 Å². The second-order valence-corrected chi connectivity index (χ2v) is 12.2. The number of likely N-dealkylation sites (tertiary alicyclic amines) is 2. The molecule has 0 radical (unpaired) electrons. The van der Waals surface area contributed by atoms with Crippen LogP contribution in [0.1, 0.15) is 26.5 Å². The van der Waals surface area contributed by atoms with Gasteiger partial charge in [-0.05, 0) is 38.7 Å². The van der Waals surface area contributed by atoms with Crippen molar-refractivity contribution in [1.82, 2.24) is 34.4 Å². The van der Waals surface area contributed by atoms with Crippen molar-refractivity contribution in [2.75, 3.05) is 57.4 Å². The quantitative estimate of drug-likeness (QED) is 0.417. The average molecular weight is 545 g/mol. The molecule has 7 rings (SSSR count). The van der Waals surface area contributed by atoms with Gasteiger partial charge in [0.25, 0.3) is 0 Å². The molecule has 0 bridgehead atoms. The van der Waals surface area contributed by atoms with E-state index in [1.54, 1.807) is 0 Å². The van der Waals surface area contributed by atoms with E-state index in [4.69, 9.17) is 19.4 Å². The second-order valence-electron chi connectivity index (χ2n) is 12.2. The van der Waals surface area contributed by atoms with E-state index in [2.05, 4.69) is 42.9 Å². The number of rotatable bonds is 4. The molecule has 1 aromatic carbocycles. The Morgan fingerprint density at radius 3 is 2.60 bits per heavy atom. The number of amides is 1. The highest BCUT2D eigenvalue weighted by atomic mass is 16.6. The summed E-state index contributed by atoms with van der Waals surface area (Å²) in [4.78, 5) is 29.4. The molecule has 1 N–H and O–H groups in total. The molecule has 3 aliphatic rings. The number of hydrogen-bond acceptors (Lipinski definition) is 8. The van der Waals surface area contributed by atoms with E-state index in [1.165, 1.54) is 0 Å². The number of benzene rings is 1. The summed E-state index contributed by atoms with van der Waals surface area (Å²) in [5.41, 5.74) is 4.35. The molecule has 40 heavy (non-hydrogen) atoms. The largest absolute Gasteiger partial charge is 0.444 e. The molecule has 0 saturated carbocycles. The number of hydrogen-bond donors (Lipinski definition) is 1. The van der Waals surface area contributed by atoms with Crippen LogP contribution in [0.5, 0.6) is 0 Å². The predicted molar refractivity (Wildman–Crippen MR) is 151 cm³/mol. The Kier molecular flexibility index (Phi) is 6.16. The van der Waals surface area contributed by atoms with Crippen molar-refractivity contribution in [1.29, 1.82) is 0 Å². The SMILES string of the molecule is CC(C)(C)OC(=O)N1CC2CN(Cc3cn4cc(-c5cccc6[nH]ncc56)nc(N5CCOCC5)c4n3)CC2C1. The van der Waals surface area contributed by atoms with Crippen molar-refractivity contribution >= 4 is 28.5 Å². The van der Waals surface area contributed by atoms with Crippen LogP contribution in [0.15, 0.2) is 36.8 Å². The third kappa shape index (κ3) is 4.77. The Labute approximate surface area is 233 Å². The predicted octanol–water partition coefficient (Wildman–Crippen LogP) is 3.41. The maximum atomic E-state index is 12.6. The van der Waals surface area contributed by atoms with Gasteiger partial charge in [-0.25, -0.2) is 14.8 Å². The Bertz CT molecular complexity index is 1540. The average Bonchev–Trinajstić information content (AvgIpc) is 3.70. The van der Waals surface area contributed by atoms with Gasteiger partial charge in [0.1, 0.15) is 5.60 Å². The lowest BCUT2D eigenvalue weighted by molar-refractivity contribution is 0.0274. The van der Waals surface area contributed by atoms with Crippen LogP contribution in [0.3, 0.4) is 0 Å². The van der Waals surface area contributed by atoms with Crippen molar-refractivity contribution in [3.63, 3.8) is 0 Å². The number of nitrogens with one attached hydrogen (secondary N) is 1. The van der Waals surface area contributed by atoms with Gasteiger partial charge in [0.05, 0.1) is 36.3 Å². The smallest absolute Gasteiger partial charge is 0.410 e. The van der Waals surface area contributed by atoms with Gasteiger partial charge < -0.3 is 23.7 Å². The molecule has 2 unspecified atom stereocenters. The monoisotopic (exact) mass is 544 g/mol. The molecule has 1 amide bonds. The van der Waals surface area contributed by atoms with E-state index < -0.39 is 5.60 Å². The molecule has 3 aliphatic heterocycles. The standard InChI is InChI=1S/C29H36N8O3/c1-29(2,3)40-28(38)37-14-19-12-34(13-20(19)15-37)16-21-17-36-18-25(22-5-4-6-24-23(22)11-30-33-24)32-27(26(36)31-21)35-7-9-39-10-8-35/h4-6,11,17-20H,7-10,12-16H2,1-3H3,(H,30,33). The first kappa shape index (κ1) is 25.3. The normalized spacial score (nSPS) is 22.0. The van der Waals surface area contributed by atoms with E-state index in [-0.39, 0.29) is 6.09 Å². The van der Waals surface area contributed by atoms with Crippen molar-refractivity contribution < 1.29 is 14.3 Å². The number of ether oxygens (including phenoxy) is 2. The zero-order valence-electron chi connectivity index (χ0n) is 23.3. The molecule has 3 aromatic heterocycles. The second kappa shape index (κ2) is 9.74. The van der Waals surface area contributed by atoms with E-state index in [0.29, 0.717) is 25.0 Å². The van der Waals surface area contributed by atoms with Gasteiger partial charge in [-0.1, -0.05) is 12.1 Å². The summed E-state index contributed by atoms with van der Waals surface area (Å²) in [6.45, 7) is 12.9. The van der Waals surface area contributed by atoms with Crippen LogP contribution in [0.25, 0.3) is 27.8 Å². The van der Waals surface area contributed by atoms with Crippen LogP contribution in [0.4, 0.5) is 10.6 Å². The zero-order chi connectivity index (χ0) is 27.4. The van der Waals surface area contributed by atoms with Crippen LogP contribution in [-0.4, -0.2) is 98.5 Å². The first-order valence-corrected chi connectivity index (χ1v) is 14.1. The Balaban J connectivity index is 1.13. The fourth-order valence-corrected chi connectivity index (χ4v) is 6.34. The number of anilines is 1. The maximum Gasteiger partial charge on any atom is 0.410 e. The summed E-state index contributed by atoms with van der Waals surface area (Å²) in [5, 5.41) is 8.36. The van der Waals surface area contributed by atoms with Crippen molar-refractivity contribution in [2.24, 2.45) is 11.8 Å². The molecule has 0 spiro atoms. The van der Waals surface area contributed by atoms with E-state index in [9.17, 15) is 4.79 Å².